The van der Waals surface area contributed by atoms with Crippen molar-refractivity contribution in [3.8, 4) is 5.75 Å². The van der Waals surface area contributed by atoms with Gasteiger partial charge in [0.25, 0.3) is 0 Å². The van der Waals surface area contributed by atoms with E-state index in [1.807, 2.05) is 30.3 Å². The molecule has 0 aliphatic carbocycles. The minimum absolute atomic E-state index is 0.152. The highest BCUT2D eigenvalue weighted by atomic mass is 127. The molecule has 0 heterocycles. The van der Waals surface area contributed by atoms with Crippen molar-refractivity contribution in [1.29, 1.82) is 0 Å². The van der Waals surface area contributed by atoms with Crippen molar-refractivity contribution in [2.24, 2.45) is 0 Å². The van der Waals surface area contributed by atoms with Crippen molar-refractivity contribution in [2.75, 3.05) is 7.11 Å². The molecule has 0 aromatic heterocycles. The highest BCUT2D eigenvalue weighted by molar-refractivity contribution is 14.1. The van der Waals surface area contributed by atoms with Crippen LogP contribution >= 0.6 is 50.1 Å². The maximum absolute atomic E-state index is 6.54. The molecule has 18 heavy (non-hydrogen) atoms. The van der Waals surface area contributed by atoms with Gasteiger partial charge in [-0.2, -0.15) is 0 Å². The smallest absolute Gasteiger partial charge is 0.118 e. The summed E-state index contributed by atoms with van der Waals surface area (Å²) in [7, 11) is 1.66. The van der Waals surface area contributed by atoms with Crippen molar-refractivity contribution >= 4 is 50.1 Å². The van der Waals surface area contributed by atoms with Crippen LogP contribution in [0, 0.1) is 3.57 Å². The lowest BCUT2D eigenvalue weighted by atomic mass is 10.0. The summed E-state index contributed by atoms with van der Waals surface area (Å²) in [6.07, 6.45) is 0. The maximum Gasteiger partial charge on any atom is 0.118 e. The van der Waals surface area contributed by atoms with E-state index in [2.05, 4.69) is 50.7 Å². The fourth-order valence-electron chi connectivity index (χ4n) is 1.66. The lowest BCUT2D eigenvalue weighted by Crippen LogP contribution is -1.96. The van der Waals surface area contributed by atoms with E-state index in [4.69, 9.17) is 16.3 Å². The largest absolute Gasteiger partial charge is 0.497 e. The third-order valence-electron chi connectivity index (χ3n) is 2.64. The molecule has 0 aliphatic rings. The van der Waals surface area contributed by atoms with Crippen LogP contribution in [0.3, 0.4) is 0 Å². The van der Waals surface area contributed by atoms with E-state index < -0.39 is 0 Å². The summed E-state index contributed by atoms with van der Waals surface area (Å²) in [4.78, 5) is 0. The average molecular weight is 438 g/mol. The van der Waals surface area contributed by atoms with Gasteiger partial charge in [0.05, 0.1) is 12.5 Å². The summed E-state index contributed by atoms with van der Waals surface area (Å²) in [5.41, 5.74) is 2.17. The van der Waals surface area contributed by atoms with Crippen LogP contribution in [0.4, 0.5) is 0 Å². The Balaban J connectivity index is 2.34. The Hall–Kier alpha value is -0.260. The Labute approximate surface area is 134 Å². The zero-order valence-corrected chi connectivity index (χ0v) is 14.2. The SMILES string of the molecule is COc1ccc(C(Cl)c2cc(Br)ccc2I)cc1. The summed E-state index contributed by atoms with van der Waals surface area (Å²) < 4.78 is 7.34. The highest BCUT2D eigenvalue weighted by Crippen LogP contribution is 2.34. The van der Waals surface area contributed by atoms with Crippen molar-refractivity contribution in [3.05, 3.63) is 61.6 Å². The molecule has 0 amide bonds. The molecular formula is C14H11BrClIO. The molecule has 0 bridgehead atoms. The number of hydrogen-bond donors (Lipinski definition) is 0. The highest BCUT2D eigenvalue weighted by Gasteiger charge is 2.14. The zero-order valence-electron chi connectivity index (χ0n) is 9.66. The van der Waals surface area contributed by atoms with Crippen LogP contribution < -0.4 is 4.74 Å². The van der Waals surface area contributed by atoms with E-state index in [-0.39, 0.29) is 5.38 Å². The van der Waals surface area contributed by atoms with Crippen LogP contribution in [-0.4, -0.2) is 7.11 Å². The molecule has 0 radical (unpaired) electrons. The van der Waals surface area contributed by atoms with Crippen LogP contribution in [0.1, 0.15) is 16.5 Å². The fraction of sp³-hybridized carbons (Fsp3) is 0.143. The Kier molecular flexibility index (Phi) is 4.92. The number of alkyl halides is 1. The van der Waals surface area contributed by atoms with Gasteiger partial charge in [-0.3, -0.25) is 0 Å². The first-order chi connectivity index (χ1) is 8.61. The lowest BCUT2D eigenvalue weighted by Gasteiger charge is -2.13. The number of halogens is 3. The maximum atomic E-state index is 6.54. The van der Waals surface area contributed by atoms with Gasteiger partial charge in [-0.05, 0) is 64.0 Å². The molecule has 0 aliphatic heterocycles. The minimum atomic E-state index is -0.152. The lowest BCUT2D eigenvalue weighted by molar-refractivity contribution is 0.414. The summed E-state index contributed by atoms with van der Waals surface area (Å²) >= 11 is 12.3. The molecule has 0 spiro atoms. The van der Waals surface area contributed by atoms with Crippen molar-refractivity contribution in [3.63, 3.8) is 0 Å². The van der Waals surface area contributed by atoms with Crippen LogP contribution in [0.2, 0.25) is 0 Å². The number of ether oxygens (including phenoxy) is 1. The molecule has 2 aromatic carbocycles. The molecule has 1 unspecified atom stereocenters. The first-order valence-corrected chi connectivity index (χ1v) is 7.65. The van der Waals surface area contributed by atoms with Gasteiger partial charge in [0, 0.05) is 8.04 Å². The van der Waals surface area contributed by atoms with Gasteiger partial charge >= 0.3 is 0 Å². The third-order valence-corrected chi connectivity index (χ3v) is 4.60. The summed E-state index contributed by atoms with van der Waals surface area (Å²) in [6, 6.07) is 14.0. The molecule has 4 heteroatoms. The first kappa shape index (κ1) is 14.2. The van der Waals surface area contributed by atoms with Crippen molar-refractivity contribution in [1.82, 2.24) is 0 Å². The van der Waals surface area contributed by atoms with Gasteiger partial charge in [0.1, 0.15) is 5.75 Å². The van der Waals surface area contributed by atoms with E-state index in [0.29, 0.717) is 0 Å². The quantitative estimate of drug-likeness (QED) is 0.462. The van der Waals surface area contributed by atoms with Crippen LogP contribution in [0.5, 0.6) is 5.75 Å². The number of methoxy groups -OCH3 is 1. The second-order valence-electron chi connectivity index (χ2n) is 3.80. The predicted molar refractivity (Wildman–Crippen MR) is 87.5 cm³/mol. The Morgan fingerprint density at radius 2 is 1.83 bits per heavy atom. The molecule has 2 aromatic rings. The Bertz CT molecular complexity index is 542. The van der Waals surface area contributed by atoms with Crippen molar-refractivity contribution in [2.45, 2.75) is 5.38 Å². The molecule has 2 rings (SSSR count). The van der Waals surface area contributed by atoms with Gasteiger partial charge in [-0.15, -0.1) is 11.6 Å². The molecular weight excluding hydrogens is 426 g/mol. The monoisotopic (exact) mass is 436 g/mol. The molecule has 1 nitrogen and oxygen atoms in total. The minimum Gasteiger partial charge on any atom is -0.497 e. The van der Waals surface area contributed by atoms with E-state index >= 15 is 0 Å². The number of benzene rings is 2. The van der Waals surface area contributed by atoms with Gasteiger partial charge in [-0.25, -0.2) is 0 Å². The zero-order chi connectivity index (χ0) is 13.1. The van der Waals surface area contributed by atoms with E-state index in [1.54, 1.807) is 7.11 Å². The Morgan fingerprint density at radius 3 is 2.44 bits per heavy atom. The third kappa shape index (κ3) is 3.19. The Morgan fingerprint density at radius 1 is 1.17 bits per heavy atom. The van der Waals surface area contributed by atoms with E-state index in [0.717, 1.165) is 24.9 Å². The van der Waals surface area contributed by atoms with Gasteiger partial charge in [-0.1, -0.05) is 28.1 Å². The van der Waals surface area contributed by atoms with Crippen molar-refractivity contribution < 1.29 is 4.74 Å². The average Bonchev–Trinajstić information content (AvgIpc) is 2.41. The van der Waals surface area contributed by atoms with Crippen LogP contribution in [0.15, 0.2) is 46.9 Å². The van der Waals surface area contributed by atoms with Gasteiger partial charge in [0.15, 0.2) is 0 Å². The normalized spacial score (nSPS) is 12.2. The van der Waals surface area contributed by atoms with E-state index in [9.17, 15) is 0 Å². The predicted octanol–water partition coefficient (Wildman–Crippen LogP) is 5.39. The first-order valence-electron chi connectivity index (χ1n) is 5.35. The molecule has 94 valence electrons. The fourth-order valence-corrected chi connectivity index (χ4v) is 3.20. The number of hydrogen-bond acceptors (Lipinski definition) is 1. The second-order valence-corrected chi connectivity index (χ2v) is 6.32. The summed E-state index contributed by atoms with van der Waals surface area (Å²) in [6.45, 7) is 0. The summed E-state index contributed by atoms with van der Waals surface area (Å²) in [5.74, 6) is 0.839. The number of rotatable bonds is 3. The van der Waals surface area contributed by atoms with Crippen LogP contribution in [0.25, 0.3) is 0 Å². The van der Waals surface area contributed by atoms with Gasteiger partial charge in [0.2, 0.25) is 0 Å². The standard InChI is InChI=1S/C14H11BrClIO/c1-18-11-5-2-9(3-6-11)14(16)12-8-10(15)4-7-13(12)17/h2-8,14H,1H3. The summed E-state index contributed by atoms with van der Waals surface area (Å²) in [5, 5.41) is -0.152. The molecule has 0 fully saturated rings. The van der Waals surface area contributed by atoms with Gasteiger partial charge < -0.3 is 4.74 Å². The molecule has 1 atom stereocenters. The molecule has 0 saturated carbocycles. The topological polar surface area (TPSA) is 9.23 Å². The second kappa shape index (κ2) is 6.26. The molecule has 0 N–H and O–H groups in total. The molecule has 0 saturated heterocycles. The van der Waals surface area contributed by atoms with E-state index in [1.165, 1.54) is 0 Å². The van der Waals surface area contributed by atoms with Crippen LogP contribution in [-0.2, 0) is 0 Å².